The maximum absolute atomic E-state index is 13.3. The molecule has 1 aliphatic heterocycles. The van der Waals surface area contributed by atoms with Crippen LogP contribution >= 0.6 is 0 Å². The highest BCUT2D eigenvalue weighted by molar-refractivity contribution is 5.99. The molecule has 3 rings (SSSR count). The van der Waals surface area contributed by atoms with E-state index in [-0.39, 0.29) is 18.7 Å². The number of halogens is 1. The van der Waals surface area contributed by atoms with Gasteiger partial charge in [0.1, 0.15) is 11.6 Å². The zero-order valence-corrected chi connectivity index (χ0v) is 18.2. The smallest absolute Gasteiger partial charge is 0.305 e. The summed E-state index contributed by atoms with van der Waals surface area (Å²) in [7, 11) is 1.46. The van der Waals surface area contributed by atoms with E-state index in [9.17, 15) is 28.7 Å². The molecular weight excluding hydrogens is 433 g/mol. The molecule has 0 spiro atoms. The van der Waals surface area contributed by atoms with Crippen molar-refractivity contribution in [2.75, 3.05) is 20.2 Å². The number of hydrogen-bond donors (Lipinski definition) is 2. The van der Waals surface area contributed by atoms with Gasteiger partial charge in [0, 0.05) is 25.6 Å². The Hall–Kier alpha value is -3.95. The van der Waals surface area contributed by atoms with Gasteiger partial charge >= 0.3 is 5.97 Å². The second-order valence-electron chi connectivity index (χ2n) is 7.53. The third-order valence-electron chi connectivity index (χ3n) is 5.36. The average molecular weight is 457 g/mol. The van der Waals surface area contributed by atoms with E-state index in [1.54, 1.807) is 18.2 Å². The summed E-state index contributed by atoms with van der Waals surface area (Å²) in [5.41, 5.74) is 0.656. The molecule has 0 bridgehead atoms. The summed E-state index contributed by atoms with van der Waals surface area (Å²) in [6.07, 6.45) is -1.73. The monoisotopic (exact) mass is 457 g/mol. The van der Waals surface area contributed by atoms with Crippen LogP contribution in [0.2, 0.25) is 0 Å². The lowest BCUT2D eigenvalue weighted by molar-refractivity contribution is -0.141. The molecule has 3 amide bonds. The van der Waals surface area contributed by atoms with E-state index in [2.05, 4.69) is 5.32 Å². The molecule has 1 fully saturated rings. The molecule has 33 heavy (non-hydrogen) atoms. The molecule has 2 unspecified atom stereocenters. The van der Waals surface area contributed by atoms with Gasteiger partial charge in [0.15, 0.2) is 6.17 Å². The highest BCUT2D eigenvalue weighted by Crippen LogP contribution is 2.23. The zero-order valence-electron chi connectivity index (χ0n) is 18.2. The molecule has 1 aliphatic rings. The third-order valence-corrected chi connectivity index (χ3v) is 5.36. The number of carbonyl (C=O) groups is 4. The van der Waals surface area contributed by atoms with Gasteiger partial charge in [-0.05, 0) is 35.9 Å². The van der Waals surface area contributed by atoms with Crippen LogP contribution in [0.1, 0.15) is 35.3 Å². The number of nitrogens with zero attached hydrogens (tertiary/aromatic N) is 2. The molecule has 0 aromatic heterocycles. The number of hydrogen-bond acceptors (Lipinski definition) is 5. The van der Waals surface area contributed by atoms with E-state index in [4.69, 9.17) is 4.74 Å². The van der Waals surface area contributed by atoms with Crippen molar-refractivity contribution in [1.82, 2.24) is 15.1 Å². The Morgan fingerprint density at radius 1 is 1.12 bits per heavy atom. The highest BCUT2D eigenvalue weighted by Gasteiger charge is 2.42. The van der Waals surface area contributed by atoms with Gasteiger partial charge in [0.25, 0.3) is 11.8 Å². The van der Waals surface area contributed by atoms with Crippen molar-refractivity contribution in [2.24, 2.45) is 0 Å². The first kappa shape index (κ1) is 23.7. The largest absolute Gasteiger partial charge is 0.497 e. The lowest BCUT2D eigenvalue weighted by atomic mass is 10.0. The summed E-state index contributed by atoms with van der Waals surface area (Å²) in [5.74, 6) is -2.82. The number of rotatable bonds is 7. The number of benzene rings is 2. The Morgan fingerprint density at radius 2 is 1.79 bits per heavy atom. The fourth-order valence-electron chi connectivity index (χ4n) is 3.74. The molecule has 1 saturated heterocycles. The second kappa shape index (κ2) is 10.1. The number of amides is 3. The zero-order chi connectivity index (χ0) is 24.1. The van der Waals surface area contributed by atoms with E-state index >= 15 is 0 Å². The quantitative estimate of drug-likeness (QED) is 0.655. The van der Waals surface area contributed by atoms with Crippen LogP contribution in [0.4, 0.5) is 4.39 Å². The van der Waals surface area contributed by atoms with Gasteiger partial charge in [0.05, 0.1) is 19.6 Å². The van der Waals surface area contributed by atoms with Crippen LogP contribution in [0, 0.1) is 5.82 Å². The lowest BCUT2D eigenvalue weighted by Crippen LogP contribution is -2.54. The summed E-state index contributed by atoms with van der Waals surface area (Å²) < 4.78 is 18.5. The average Bonchev–Trinajstić information content (AvgIpc) is 3.24. The van der Waals surface area contributed by atoms with Crippen molar-refractivity contribution in [3.63, 3.8) is 0 Å². The van der Waals surface area contributed by atoms with E-state index in [1.807, 2.05) is 0 Å². The molecule has 10 heteroatoms. The SMILES string of the molecule is COc1cccc(C(=O)N2CCN(C(C)=O)C2C(=O)NC(CC(=O)O)c2ccc(F)cc2)c1. The summed E-state index contributed by atoms with van der Waals surface area (Å²) in [4.78, 5) is 52.5. The van der Waals surface area contributed by atoms with E-state index in [0.29, 0.717) is 11.3 Å². The maximum Gasteiger partial charge on any atom is 0.305 e. The minimum atomic E-state index is -1.27. The third kappa shape index (κ3) is 5.46. The van der Waals surface area contributed by atoms with Gasteiger partial charge in [-0.15, -0.1) is 0 Å². The highest BCUT2D eigenvalue weighted by atomic mass is 19.1. The number of carboxylic acids is 1. The van der Waals surface area contributed by atoms with Crippen LogP contribution in [0.25, 0.3) is 0 Å². The van der Waals surface area contributed by atoms with Gasteiger partial charge in [-0.25, -0.2) is 4.39 Å². The van der Waals surface area contributed by atoms with Gasteiger partial charge in [0.2, 0.25) is 5.91 Å². The Bertz CT molecular complexity index is 1060. The van der Waals surface area contributed by atoms with Crippen molar-refractivity contribution in [3.05, 3.63) is 65.5 Å². The predicted molar refractivity (Wildman–Crippen MR) is 115 cm³/mol. The van der Waals surface area contributed by atoms with Crippen LogP contribution < -0.4 is 10.1 Å². The number of methoxy groups -OCH3 is 1. The summed E-state index contributed by atoms with van der Waals surface area (Å²) in [5, 5.41) is 11.9. The molecule has 174 valence electrons. The molecule has 0 aliphatic carbocycles. The Morgan fingerprint density at radius 3 is 2.39 bits per heavy atom. The van der Waals surface area contributed by atoms with Crippen LogP contribution in [-0.2, 0) is 14.4 Å². The molecule has 2 atom stereocenters. The Balaban J connectivity index is 1.89. The standard InChI is InChI=1S/C23H24FN3O6/c1-14(28)26-10-11-27(23(32)16-4-3-5-18(12-16)33-2)22(26)21(31)25-19(13-20(29)30)15-6-8-17(24)9-7-15/h3-9,12,19,22H,10-11,13H2,1-2H3,(H,25,31)(H,29,30). The van der Waals surface area contributed by atoms with Crippen molar-refractivity contribution in [1.29, 1.82) is 0 Å². The molecule has 0 radical (unpaired) electrons. The maximum atomic E-state index is 13.3. The molecule has 2 aromatic carbocycles. The van der Waals surface area contributed by atoms with Gasteiger partial charge < -0.3 is 25.0 Å². The fourth-order valence-corrected chi connectivity index (χ4v) is 3.74. The molecule has 2 aromatic rings. The van der Waals surface area contributed by atoms with Crippen molar-refractivity contribution in [2.45, 2.75) is 25.6 Å². The van der Waals surface area contributed by atoms with Crippen LogP contribution in [0.3, 0.4) is 0 Å². The Labute approximate surface area is 189 Å². The number of ether oxygens (including phenoxy) is 1. The molecule has 2 N–H and O–H groups in total. The van der Waals surface area contributed by atoms with Crippen molar-refractivity contribution >= 4 is 23.7 Å². The molecule has 9 nitrogen and oxygen atoms in total. The predicted octanol–water partition coefficient (Wildman–Crippen LogP) is 1.80. The van der Waals surface area contributed by atoms with E-state index < -0.39 is 48.1 Å². The van der Waals surface area contributed by atoms with E-state index in [0.717, 1.165) is 12.1 Å². The normalized spacial score (nSPS) is 16.3. The molecule has 1 heterocycles. The first-order valence-corrected chi connectivity index (χ1v) is 10.2. The number of nitrogens with one attached hydrogen (secondary N) is 1. The fraction of sp³-hybridized carbons (Fsp3) is 0.304. The summed E-state index contributed by atoms with van der Waals surface area (Å²) >= 11 is 0. The first-order chi connectivity index (χ1) is 15.7. The lowest BCUT2D eigenvalue weighted by Gasteiger charge is -2.30. The van der Waals surface area contributed by atoms with E-state index in [1.165, 1.54) is 42.0 Å². The minimum Gasteiger partial charge on any atom is -0.497 e. The first-order valence-electron chi connectivity index (χ1n) is 10.2. The topological polar surface area (TPSA) is 116 Å². The van der Waals surface area contributed by atoms with Crippen LogP contribution in [0.5, 0.6) is 5.75 Å². The van der Waals surface area contributed by atoms with Crippen molar-refractivity contribution < 1.29 is 33.4 Å². The van der Waals surface area contributed by atoms with Crippen molar-refractivity contribution in [3.8, 4) is 5.75 Å². The number of aliphatic carboxylic acids is 1. The van der Waals surface area contributed by atoms with Crippen LogP contribution in [-0.4, -0.2) is 65.0 Å². The second-order valence-corrected chi connectivity index (χ2v) is 7.53. The van der Waals surface area contributed by atoms with Gasteiger partial charge in [-0.3, -0.25) is 19.2 Å². The molecular formula is C23H24FN3O6. The minimum absolute atomic E-state index is 0.119. The molecule has 0 saturated carbocycles. The number of carbonyl (C=O) groups excluding carboxylic acids is 3. The van der Waals surface area contributed by atoms with Crippen LogP contribution in [0.15, 0.2) is 48.5 Å². The number of carboxylic acid groups (broad SMARTS) is 1. The summed E-state index contributed by atoms with van der Waals surface area (Å²) in [6, 6.07) is 10.5. The summed E-state index contributed by atoms with van der Waals surface area (Å²) in [6.45, 7) is 1.55. The van der Waals surface area contributed by atoms with Gasteiger partial charge in [-0.2, -0.15) is 0 Å². The van der Waals surface area contributed by atoms with Gasteiger partial charge in [-0.1, -0.05) is 18.2 Å². The Kier molecular flexibility index (Phi) is 7.27.